The standard InChI is InChI=1S/C16H12O4S/c17-9-6-11-15-12(8-14(18)20-15)19-16(11)13(7-9)21-10-4-2-1-3-5-10/h1-7,12,15,17H,8H2/t12-,15-/m1/s1. The molecule has 2 atom stereocenters. The first-order valence-corrected chi connectivity index (χ1v) is 7.48. The summed E-state index contributed by atoms with van der Waals surface area (Å²) < 4.78 is 11.2. The summed E-state index contributed by atoms with van der Waals surface area (Å²) in [5, 5.41) is 9.93. The molecule has 4 rings (SSSR count). The number of carbonyl (C=O) groups is 1. The molecule has 2 heterocycles. The fraction of sp³-hybridized carbons (Fsp3) is 0.188. The van der Waals surface area contributed by atoms with Gasteiger partial charge in [-0.2, -0.15) is 0 Å². The Bertz CT molecular complexity index is 714. The molecule has 0 bridgehead atoms. The van der Waals surface area contributed by atoms with E-state index in [1.807, 2.05) is 30.3 Å². The molecule has 1 saturated heterocycles. The summed E-state index contributed by atoms with van der Waals surface area (Å²) in [5.41, 5.74) is 0.754. The summed E-state index contributed by atoms with van der Waals surface area (Å²) in [7, 11) is 0. The van der Waals surface area contributed by atoms with E-state index in [9.17, 15) is 9.90 Å². The lowest BCUT2D eigenvalue weighted by Crippen LogP contribution is -2.12. The van der Waals surface area contributed by atoms with Gasteiger partial charge in [0.1, 0.15) is 11.5 Å². The monoisotopic (exact) mass is 300 g/mol. The zero-order chi connectivity index (χ0) is 14.4. The van der Waals surface area contributed by atoms with Crippen molar-refractivity contribution in [3.8, 4) is 11.5 Å². The van der Waals surface area contributed by atoms with Gasteiger partial charge in [-0.05, 0) is 24.3 Å². The van der Waals surface area contributed by atoms with E-state index in [0.29, 0.717) is 5.75 Å². The molecule has 2 aliphatic rings. The minimum absolute atomic E-state index is 0.152. The minimum Gasteiger partial charge on any atom is -0.508 e. The topological polar surface area (TPSA) is 55.8 Å². The normalized spacial score (nSPS) is 22.4. The number of phenolic OH excluding ortho intramolecular Hbond substituents is 1. The number of ether oxygens (including phenoxy) is 2. The molecule has 0 amide bonds. The zero-order valence-electron chi connectivity index (χ0n) is 11.0. The molecule has 0 aliphatic carbocycles. The van der Waals surface area contributed by atoms with Gasteiger partial charge in [-0.25, -0.2) is 0 Å². The fourth-order valence-electron chi connectivity index (χ4n) is 2.69. The van der Waals surface area contributed by atoms with Crippen molar-refractivity contribution in [3.63, 3.8) is 0 Å². The van der Waals surface area contributed by atoms with Crippen molar-refractivity contribution in [3.05, 3.63) is 48.0 Å². The van der Waals surface area contributed by atoms with Crippen molar-refractivity contribution in [2.24, 2.45) is 0 Å². The molecule has 0 aromatic heterocycles. The Balaban J connectivity index is 1.74. The smallest absolute Gasteiger partial charge is 0.310 e. The largest absolute Gasteiger partial charge is 0.508 e. The van der Waals surface area contributed by atoms with Gasteiger partial charge in [0.25, 0.3) is 0 Å². The maximum absolute atomic E-state index is 11.4. The molecule has 0 radical (unpaired) electrons. The van der Waals surface area contributed by atoms with Crippen molar-refractivity contribution >= 4 is 17.7 Å². The van der Waals surface area contributed by atoms with Crippen LogP contribution in [0.1, 0.15) is 18.1 Å². The van der Waals surface area contributed by atoms with Crippen molar-refractivity contribution in [1.29, 1.82) is 0 Å². The van der Waals surface area contributed by atoms with Crippen LogP contribution in [0.2, 0.25) is 0 Å². The van der Waals surface area contributed by atoms with Crippen molar-refractivity contribution in [2.45, 2.75) is 28.4 Å². The molecular weight excluding hydrogens is 288 g/mol. The Hall–Kier alpha value is -2.14. The van der Waals surface area contributed by atoms with Crippen LogP contribution in [0.15, 0.2) is 52.3 Å². The van der Waals surface area contributed by atoms with Gasteiger partial charge in [0, 0.05) is 10.5 Å². The fourth-order valence-corrected chi connectivity index (χ4v) is 3.68. The lowest BCUT2D eigenvalue weighted by molar-refractivity contribution is -0.141. The Morgan fingerprint density at radius 3 is 2.76 bits per heavy atom. The molecule has 1 fully saturated rings. The van der Waals surface area contributed by atoms with E-state index in [-0.39, 0.29) is 24.2 Å². The Labute approximate surface area is 125 Å². The van der Waals surface area contributed by atoms with Gasteiger partial charge in [0.2, 0.25) is 0 Å². The van der Waals surface area contributed by atoms with E-state index in [0.717, 1.165) is 15.4 Å². The number of phenols is 1. The lowest BCUT2D eigenvalue weighted by Gasteiger charge is -2.10. The van der Waals surface area contributed by atoms with Crippen LogP contribution >= 0.6 is 11.8 Å². The van der Waals surface area contributed by atoms with Crippen LogP contribution in [0.5, 0.6) is 11.5 Å². The molecule has 4 nitrogen and oxygen atoms in total. The first kappa shape index (κ1) is 12.6. The average molecular weight is 300 g/mol. The summed E-state index contributed by atoms with van der Waals surface area (Å²) >= 11 is 1.52. The highest BCUT2D eigenvalue weighted by Gasteiger charge is 2.45. The number of hydrogen-bond acceptors (Lipinski definition) is 5. The average Bonchev–Trinajstić information content (AvgIpc) is 2.97. The summed E-state index contributed by atoms with van der Waals surface area (Å²) in [6, 6.07) is 13.2. The minimum atomic E-state index is -0.394. The van der Waals surface area contributed by atoms with Gasteiger partial charge in [-0.1, -0.05) is 30.0 Å². The second-order valence-corrected chi connectivity index (χ2v) is 6.16. The molecule has 2 aromatic rings. The van der Waals surface area contributed by atoms with Gasteiger partial charge >= 0.3 is 5.97 Å². The quantitative estimate of drug-likeness (QED) is 0.862. The van der Waals surface area contributed by atoms with Crippen LogP contribution < -0.4 is 4.74 Å². The third kappa shape index (κ3) is 2.14. The predicted octanol–water partition coefficient (Wildman–Crippen LogP) is 3.29. The highest BCUT2D eigenvalue weighted by Crippen LogP contribution is 2.50. The van der Waals surface area contributed by atoms with E-state index in [1.165, 1.54) is 11.8 Å². The molecule has 0 unspecified atom stereocenters. The van der Waals surface area contributed by atoms with Crippen molar-refractivity contribution < 1.29 is 19.4 Å². The third-order valence-corrected chi connectivity index (χ3v) is 4.61. The highest BCUT2D eigenvalue weighted by molar-refractivity contribution is 7.99. The third-order valence-electron chi connectivity index (χ3n) is 3.58. The van der Waals surface area contributed by atoms with E-state index >= 15 is 0 Å². The maximum atomic E-state index is 11.4. The van der Waals surface area contributed by atoms with Crippen LogP contribution in [-0.4, -0.2) is 17.2 Å². The van der Waals surface area contributed by atoms with Crippen LogP contribution in [0.25, 0.3) is 0 Å². The van der Waals surface area contributed by atoms with Crippen molar-refractivity contribution in [1.82, 2.24) is 0 Å². The number of aromatic hydroxyl groups is 1. The molecule has 106 valence electrons. The molecule has 21 heavy (non-hydrogen) atoms. The molecule has 1 N–H and O–H groups in total. The van der Waals surface area contributed by atoms with Gasteiger partial charge in [0.05, 0.1) is 11.3 Å². The lowest BCUT2D eigenvalue weighted by atomic mass is 10.1. The first-order chi connectivity index (χ1) is 10.2. The molecule has 2 aliphatic heterocycles. The molecule has 0 spiro atoms. The molecule has 0 saturated carbocycles. The Kier molecular flexibility index (Phi) is 2.82. The molecule has 5 heteroatoms. The van der Waals surface area contributed by atoms with Gasteiger partial charge in [-0.3, -0.25) is 4.79 Å². The summed E-state index contributed by atoms with van der Waals surface area (Å²) in [6.07, 6.45) is -0.408. The van der Waals surface area contributed by atoms with Crippen LogP contribution in [0.3, 0.4) is 0 Å². The van der Waals surface area contributed by atoms with E-state index < -0.39 is 6.10 Å². The van der Waals surface area contributed by atoms with Crippen molar-refractivity contribution in [2.75, 3.05) is 0 Å². The van der Waals surface area contributed by atoms with Crippen LogP contribution in [0, 0.1) is 0 Å². The highest BCUT2D eigenvalue weighted by atomic mass is 32.2. The number of hydrogen-bond donors (Lipinski definition) is 1. The number of carbonyl (C=O) groups excluding carboxylic acids is 1. The number of benzene rings is 2. The van der Waals surface area contributed by atoms with Gasteiger partial charge in [-0.15, -0.1) is 0 Å². The summed E-state index contributed by atoms with van der Waals surface area (Å²) in [5.74, 6) is 0.611. The second kappa shape index (κ2) is 4.70. The maximum Gasteiger partial charge on any atom is 0.310 e. The van der Waals surface area contributed by atoms with Crippen LogP contribution in [-0.2, 0) is 9.53 Å². The van der Waals surface area contributed by atoms with Gasteiger partial charge in [0.15, 0.2) is 12.2 Å². The van der Waals surface area contributed by atoms with Crippen LogP contribution in [0.4, 0.5) is 0 Å². The molecular formula is C16H12O4S. The van der Waals surface area contributed by atoms with E-state index in [1.54, 1.807) is 12.1 Å². The predicted molar refractivity (Wildman–Crippen MR) is 76.5 cm³/mol. The number of esters is 1. The summed E-state index contributed by atoms with van der Waals surface area (Å²) in [4.78, 5) is 13.3. The second-order valence-electron chi connectivity index (χ2n) is 5.05. The zero-order valence-corrected chi connectivity index (χ0v) is 11.8. The van der Waals surface area contributed by atoms with E-state index in [4.69, 9.17) is 9.47 Å². The SMILES string of the molecule is O=C1C[C@H]2Oc3c(Sc4ccccc4)cc(O)cc3[C@H]2O1. The van der Waals surface area contributed by atoms with Gasteiger partial charge < -0.3 is 14.6 Å². The Morgan fingerprint density at radius 2 is 1.95 bits per heavy atom. The summed E-state index contributed by atoms with van der Waals surface area (Å²) in [6.45, 7) is 0. The first-order valence-electron chi connectivity index (χ1n) is 6.66. The van der Waals surface area contributed by atoms with E-state index in [2.05, 4.69) is 0 Å². The number of fused-ring (bicyclic) bond motifs is 3. The molecule has 2 aromatic carbocycles. The Morgan fingerprint density at radius 1 is 1.14 bits per heavy atom. The number of rotatable bonds is 2.